The molecule has 84 valence electrons. The van der Waals surface area contributed by atoms with E-state index in [1.165, 1.54) is 7.11 Å². The summed E-state index contributed by atoms with van der Waals surface area (Å²) in [4.78, 5) is 0. The molecule has 0 aliphatic carbocycles. The minimum absolute atomic E-state index is 0.0636. The van der Waals surface area contributed by atoms with Gasteiger partial charge < -0.3 is 9.84 Å². The molecule has 0 saturated carbocycles. The monoisotopic (exact) mass is 280 g/mol. The maximum absolute atomic E-state index is 13.6. The van der Waals surface area contributed by atoms with E-state index >= 15 is 0 Å². The molecule has 0 atom stereocenters. The molecule has 1 aromatic rings. The Morgan fingerprint density at radius 2 is 2.13 bits per heavy atom. The van der Waals surface area contributed by atoms with Crippen molar-refractivity contribution in [2.75, 3.05) is 13.7 Å². The Kier molecular flexibility index (Phi) is 4.47. The van der Waals surface area contributed by atoms with E-state index in [1.807, 2.05) is 0 Å². The quantitative estimate of drug-likeness (QED) is 0.860. The summed E-state index contributed by atoms with van der Waals surface area (Å²) in [6, 6.07) is 1.02. The number of halogens is 3. The first kappa shape index (κ1) is 12.4. The van der Waals surface area contributed by atoms with Crippen LogP contribution in [0.3, 0.4) is 0 Å². The molecule has 0 saturated heterocycles. The lowest BCUT2D eigenvalue weighted by Crippen LogP contribution is -2.01. The van der Waals surface area contributed by atoms with Crippen molar-refractivity contribution < 1.29 is 18.6 Å². The van der Waals surface area contributed by atoms with Gasteiger partial charge in [-0.15, -0.1) is 0 Å². The second-order valence-corrected chi connectivity index (χ2v) is 3.85. The van der Waals surface area contributed by atoms with E-state index in [-0.39, 0.29) is 28.8 Å². The van der Waals surface area contributed by atoms with E-state index < -0.39 is 11.6 Å². The van der Waals surface area contributed by atoms with Crippen LogP contribution in [0.15, 0.2) is 10.5 Å². The largest absolute Gasteiger partial charge is 0.493 e. The minimum atomic E-state index is -0.612. The van der Waals surface area contributed by atoms with E-state index in [9.17, 15) is 8.78 Å². The number of rotatable bonds is 4. The lowest BCUT2D eigenvalue weighted by Gasteiger charge is -2.11. The fourth-order valence-corrected chi connectivity index (χ4v) is 1.77. The van der Waals surface area contributed by atoms with Gasteiger partial charge in [0, 0.05) is 12.2 Å². The van der Waals surface area contributed by atoms with Crippen molar-refractivity contribution in [2.24, 2.45) is 0 Å². The van der Waals surface area contributed by atoms with Gasteiger partial charge in [0.15, 0.2) is 11.6 Å². The van der Waals surface area contributed by atoms with Gasteiger partial charge in [0.2, 0.25) is 0 Å². The molecule has 0 radical (unpaired) electrons. The fraction of sp³-hybridized carbons (Fsp3) is 0.400. The van der Waals surface area contributed by atoms with E-state index in [0.29, 0.717) is 6.42 Å². The Hall–Kier alpha value is -0.680. The van der Waals surface area contributed by atoms with E-state index in [1.54, 1.807) is 0 Å². The van der Waals surface area contributed by atoms with Crippen LogP contribution in [0.5, 0.6) is 5.75 Å². The van der Waals surface area contributed by atoms with Gasteiger partial charge in [-0.3, -0.25) is 0 Å². The summed E-state index contributed by atoms with van der Waals surface area (Å²) >= 11 is 2.92. The molecular weight excluding hydrogens is 270 g/mol. The Balaban J connectivity index is 3.18. The van der Waals surface area contributed by atoms with Crippen LogP contribution in [-0.2, 0) is 6.42 Å². The van der Waals surface area contributed by atoms with Crippen LogP contribution < -0.4 is 4.74 Å². The van der Waals surface area contributed by atoms with Crippen molar-refractivity contribution >= 4 is 15.9 Å². The fourth-order valence-electron chi connectivity index (χ4n) is 1.33. The van der Waals surface area contributed by atoms with Crippen molar-refractivity contribution in [1.29, 1.82) is 0 Å². The van der Waals surface area contributed by atoms with Gasteiger partial charge in [0.05, 0.1) is 11.6 Å². The van der Waals surface area contributed by atoms with Crippen LogP contribution >= 0.6 is 15.9 Å². The molecule has 0 aliphatic heterocycles. The Morgan fingerprint density at radius 1 is 1.47 bits per heavy atom. The number of hydrogen-bond donors (Lipinski definition) is 1. The molecule has 0 bridgehead atoms. The number of aliphatic hydroxyl groups is 1. The van der Waals surface area contributed by atoms with Crippen LogP contribution in [0.4, 0.5) is 8.78 Å². The van der Waals surface area contributed by atoms with Gasteiger partial charge in [-0.05, 0) is 34.8 Å². The predicted octanol–water partition coefficient (Wildman–Crippen LogP) is 2.66. The van der Waals surface area contributed by atoms with Crippen molar-refractivity contribution in [3.8, 4) is 5.75 Å². The maximum Gasteiger partial charge on any atom is 0.166 e. The SMILES string of the molecule is COc1c(F)cc(Br)c(F)c1CCCO. The average molecular weight is 281 g/mol. The predicted molar refractivity (Wildman–Crippen MR) is 56.0 cm³/mol. The number of aliphatic hydroxyl groups excluding tert-OH is 1. The molecule has 0 fully saturated rings. The zero-order valence-electron chi connectivity index (χ0n) is 8.19. The van der Waals surface area contributed by atoms with Crippen molar-refractivity contribution in [3.63, 3.8) is 0 Å². The number of hydrogen-bond acceptors (Lipinski definition) is 2. The summed E-state index contributed by atoms with van der Waals surface area (Å²) in [7, 11) is 1.29. The third kappa shape index (κ3) is 2.66. The highest BCUT2D eigenvalue weighted by atomic mass is 79.9. The highest BCUT2D eigenvalue weighted by Gasteiger charge is 2.17. The lowest BCUT2D eigenvalue weighted by atomic mass is 10.1. The summed E-state index contributed by atoms with van der Waals surface area (Å²) in [5.41, 5.74) is 0.151. The first-order valence-corrected chi connectivity index (χ1v) is 5.22. The zero-order valence-corrected chi connectivity index (χ0v) is 9.77. The second kappa shape index (κ2) is 5.42. The summed E-state index contributed by atoms with van der Waals surface area (Å²) < 4.78 is 31.8. The van der Waals surface area contributed by atoms with E-state index in [2.05, 4.69) is 15.9 Å². The van der Waals surface area contributed by atoms with E-state index in [4.69, 9.17) is 9.84 Å². The van der Waals surface area contributed by atoms with Crippen molar-refractivity contribution in [1.82, 2.24) is 0 Å². The molecule has 1 aromatic carbocycles. The van der Waals surface area contributed by atoms with Gasteiger partial charge in [0.25, 0.3) is 0 Å². The normalized spacial score (nSPS) is 10.5. The molecule has 0 amide bonds. The average Bonchev–Trinajstić information content (AvgIpc) is 2.21. The Labute approximate surface area is 95.0 Å². The zero-order chi connectivity index (χ0) is 11.4. The van der Waals surface area contributed by atoms with Crippen LogP contribution in [0, 0.1) is 11.6 Å². The first-order valence-electron chi connectivity index (χ1n) is 4.43. The van der Waals surface area contributed by atoms with Gasteiger partial charge in [-0.2, -0.15) is 0 Å². The van der Waals surface area contributed by atoms with E-state index in [0.717, 1.165) is 6.07 Å². The van der Waals surface area contributed by atoms with Gasteiger partial charge in [-0.1, -0.05) is 0 Å². The molecule has 0 aromatic heterocycles. The van der Waals surface area contributed by atoms with Crippen LogP contribution in [-0.4, -0.2) is 18.8 Å². The molecule has 1 N–H and O–H groups in total. The number of benzene rings is 1. The molecule has 0 unspecified atom stereocenters. The Morgan fingerprint density at radius 3 is 2.67 bits per heavy atom. The summed E-state index contributed by atoms with van der Waals surface area (Å²) in [5, 5.41) is 8.65. The van der Waals surface area contributed by atoms with Crippen LogP contribution in [0.1, 0.15) is 12.0 Å². The number of methoxy groups -OCH3 is 1. The highest BCUT2D eigenvalue weighted by molar-refractivity contribution is 9.10. The Bertz CT molecular complexity index is 356. The van der Waals surface area contributed by atoms with Crippen LogP contribution in [0.25, 0.3) is 0 Å². The molecule has 0 heterocycles. The van der Waals surface area contributed by atoms with Crippen LogP contribution in [0.2, 0.25) is 0 Å². The third-order valence-corrected chi connectivity index (χ3v) is 2.59. The molecule has 5 heteroatoms. The van der Waals surface area contributed by atoms with Gasteiger partial charge in [0.1, 0.15) is 5.82 Å². The molecule has 0 aliphatic rings. The maximum atomic E-state index is 13.6. The molecule has 15 heavy (non-hydrogen) atoms. The number of ether oxygens (including phenoxy) is 1. The van der Waals surface area contributed by atoms with Gasteiger partial charge in [-0.25, -0.2) is 8.78 Å². The molecular formula is C10H11BrF2O2. The first-order chi connectivity index (χ1) is 7.11. The topological polar surface area (TPSA) is 29.5 Å². The lowest BCUT2D eigenvalue weighted by molar-refractivity contribution is 0.286. The van der Waals surface area contributed by atoms with Crippen molar-refractivity contribution in [3.05, 3.63) is 27.7 Å². The molecule has 2 nitrogen and oxygen atoms in total. The minimum Gasteiger partial charge on any atom is -0.493 e. The third-order valence-electron chi connectivity index (χ3n) is 2.01. The van der Waals surface area contributed by atoms with Crippen molar-refractivity contribution in [2.45, 2.75) is 12.8 Å². The smallest absolute Gasteiger partial charge is 0.166 e. The second-order valence-electron chi connectivity index (χ2n) is 2.99. The summed E-state index contributed by atoms with van der Waals surface area (Å²) in [6.45, 7) is -0.0727. The highest BCUT2D eigenvalue weighted by Crippen LogP contribution is 2.31. The molecule has 0 spiro atoms. The standard InChI is InChI=1S/C10H11BrF2O2/c1-15-10-6(3-2-4-14)9(13)7(11)5-8(10)12/h5,14H,2-4H2,1H3. The summed E-state index contributed by atoms with van der Waals surface area (Å²) in [6.07, 6.45) is 0.602. The van der Waals surface area contributed by atoms with Gasteiger partial charge >= 0.3 is 0 Å². The summed E-state index contributed by atoms with van der Waals surface area (Å²) in [5.74, 6) is -1.25. The molecule has 1 rings (SSSR count).